The van der Waals surface area contributed by atoms with Gasteiger partial charge in [0.15, 0.2) is 11.5 Å². The molecule has 4 nitrogen and oxygen atoms in total. The summed E-state index contributed by atoms with van der Waals surface area (Å²) in [5.41, 5.74) is 3.65. The third kappa shape index (κ3) is 2.61. The second-order valence-corrected chi connectivity index (χ2v) is 5.18. The van der Waals surface area contributed by atoms with Gasteiger partial charge in [0.25, 0.3) is 0 Å². The molecule has 0 bridgehead atoms. The number of carbonyl (C=O) groups excluding carboxylic acids is 1. The Morgan fingerprint density at radius 1 is 1.27 bits per heavy atom. The summed E-state index contributed by atoms with van der Waals surface area (Å²) < 4.78 is 1.78. The van der Waals surface area contributed by atoms with Gasteiger partial charge in [-0.15, -0.1) is 0 Å². The number of imidazole rings is 1. The highest BCUT2D eigenvalue weighted by molar-refractivity contribution is 5.96. The van der Waals surface area contributed by atoms with E-state index in [1.54, 1.807) is 22.7 Å². The number of carbonyl (C=O) groups is 1. The zero-order valence-corrected chi connectivity index (χ0v) is 12.3. The molecule has 3 aromatic rings. The zero-order valence-electron chi connectivity index (χ0n) is 12.3. The zero-order chi connectivity index (χ0) is 15.5. The molecular weight excluding hydrogens is 274 g/mol. The van der Waals surface area contributed by atoms with E-state index in [0.29, 0.717) is 35.6 Å². The van der Waals surface area contributed by atoms with Gasteiger partial charge in [-0.25, -0.2) is 9.83 Å². The van der Waals surface area contributed by atoms with Gasteiger partial charge in [-0.05, 0) is 31.0 Å². The topological polar surface area (TPSA) is 38.7 Å². The molecular formula is C18H15N3O. The van der Waals surface area contributed by atoms with Crippen LogP contribution in [0.25, 0.3) is 10.5 Å². The Kier molecular flexibility index (Phi) is 3.71. The van der Waals surface area contributed by atoms with Gasteiger partial charge in [-0.3, -0.25) is 9.20 Å². The summed E-state index contributed by atoms with van der Waals surface area (Å²) in [6.45, 7) is 8.88. The number of hydrogen-bond donors (Lipinski definition) is 0. The Balaban J connectivity index is 1.88. The van der Waals surface area contributed by atoms with Crippen LogP contribution in [0.2, 0.25) is 0 Å². The van der Waals surface area contributed by atoms with Crippen LogP contribution in [0.3, 0.4) is 0 Å². The molecule has 0 spiro atoms. The lowest BCUT2D eigenvalue weighted by Gasteiger charge is -2.03. The lowest BCUT2D eigenvalue weighted by molar-refractivity contribution is 0.0976. The number of fused-ring (bicyclic) bond motifs is 1. The minimum Gasteiger partial charge on any atom is -0.299 e. The first-order valence-electron chi connectivity index (χ1n) is 7.12. The molecule has 0 amide bonds. The third-order valence-corrected chi connectivity index (χ3v) is 3.66. The predicted octanol–water partition coefficient (Wildman–Crippen LogP) is 4.01. The summed E-state index contributed by atoms with van der Waals surface area (Å²) in [6, 6.07) is 13.4. The normalized spacial score (nSPS) is 10.5. The second-order valence-electron chi connectivity index (χ2n) is 5.18. The van der Waals surface area contributed by atoms with Gasteiger partial charge in [0, 0.05) is 12.6 Å². The van der Waals surface area contributed by atoms with Crippen LogP contribution in [0.1, 0.15) is 28.2 Å². The number of Topliss-reactive ketones (excluding diaryl/α,β-unsaturated/α-hetero) is 1. The number of nitrogens with zero attached hydrogens (tertiary/aromatic N) is 3. The van der Waals surface area contributed by atoms with Gasteiger partial charge >= 0.3 is 0 Å². The van der Waals surface area contributed by atoms with Crippen LogP contribution in [0.15, 0.2) is 48.7 Å². The Hall–Kier alpha value is -2.93. The van der Waals surface area contributed by atoms with E-state index in [0.717, 1.165) is 5.56 Å². The van der Waals surface area contributed by atoms with E-state index in [1.165, 1.54) is 0 Å². The molecule has 3 rings (SSSR count). The van der Waals surface area contributed by atoms with Crippen molar-refractivity contribution in [3.05, 3.63) is 77.0 Å². The van der Waals surface area contributed by atoms with Crippen LogP contribution in [-0.2, 0) is 6.42 Å². The van der Waals surface area contributed by atoms with Crippen LogP contribution < -0.4 is 0 Å². The molecule has 2 aromatic heterocycles. The van der Waals surface area contributed by atoms with Crippen molar-refractivity contribution in [3.63, 3.8) is 0 Å². The van der Waals surface area contributed by atoms with E-state index in [9.17, 15) is 4.79 Å². The Labute approximate surface area is 128 Å². The molecule has 0 N–H and O–H groups in total. The molecule has 0 saturated heterocycles. The molecule has 0 fully saturated rings. The highest BCUT2D eigenvalue weighted by Gasteiger charge is 2.16. The van der Waals surface area contributed by atoms with Gasteiger partial charge in [0.2, 0.25) is 0 Å². The van der Waals surface area contributed by atoms with Gasteiger partial charge in [-0.1, -0.05) is 30.3 Å². The van der Waals surface area contributed by atoms with Crippen LogP contribution in [0, 0.1) is 13.5 Å². The standard InChI is InChI=1S/C18H15N3O/c1-13-18(16(22)9-8-14-6-4-3-5-7-14)21-11-10-15(19-2)12-17(21)20-13/h3-7,10-12H,8-9H2,1H3. The Bertz CT molecular complexity index is 872. The van der Waals surface area contributed by atoms with Crippen LogP contribution >= 0.6 is 0 Å². The van der Waals surface area contributed by atoms with Crippen molar-refractivity contribution in [2.75, 3.05) is 0 Å². The molecule has 22 heavy (non-hydrogen) atoms. The molecule has 1 aromatic carbocycles. The maximum absolute atomic E-state index is 12.5. The maximum Gasteiger partial charge on any atom is 0.192 e. The monoisotopic (exact) mass is 289 g/mol. The number of ketones is 1. The van der Waals surface area contributed by atoms with E-state index < -0.39 is 0 Å². The summed E-state index contributed by atoms with van der Waals surface area (Å²) in [5, 5.41) is 0. The molecule has 0 unspecified atom stereocenters. The van der Waals surface area contributed by atoms with Crippen molar-refractivity contribution in [3.8, 4) is 0 Å². The van der Waals surface area contributed by atoms with Crippen LogP contribution in [0.4, 0.5) is 5.69 Å². The van der Waals surface area contributed by atoms with E-state index in [2.05, 4.69) is 9.83 Å². The largest absolute Gasteiger partial charge is 0.299 e. The van der Waals surface area contributed by atoms with Crippen molar-refractivity contribution >= 4 is 17.1 Å². The van der Waals surface area contributed by atoms with Crippen molar-refractivity contribution in [2.24, 2.45) is 0 Å². The Morgan fingerprint density at radius 2 is 2.05 bits per heavy atom. The average molecular weight is 289 g/mol. The first kappa shape index (κ1) is 14.0. The molecule has 0 saturated carbocycles. The van der Waals surface area contributed by atoms with Gasteiger partial charge in [0.1, 0.15) is 11.3 Å². The van der Waals surface area contributed by atoms with Crippen LogP contribution in [0.5, 0.6) is 0 Å². The summed E-state index contributed by atoms with van der Waals surface area (Å²) in [5.74, 6) is 0.0735. The van der Waals surface area contributed by atoms with Gasteiger partial charge in [0.05, 0.1) is 12.3 Å². The predicted molar refractivity (Wildman–Crippen MR) is 85.3 cm³/mol. The molecule has 0 aliphatic rings. The van der Waals surface area contributed by atoms with Gasteiger partial charge < -0.3 is 0 Å². The molecule has 2 heterocycles. The van der Waals surface area contributed by atoms with Crippen molar-refractivity contribution in [1.29, 1.82) is 0 Å². The lowest BCUT2D eigenvalue weighted by atomic mass is 10.1. The van der Waals surface area contributed by atoms with E-state index >= 15 is 0 Å². The van der Waals surface area contributed by atoms with Crippen molar-refractivity contribution in [1.82, 2.24) is 9.38 Å². The average Bonchev–Trinajstić information content (AvgIpc) is 2.88. The van der Waals surface area contributed by atoms with Crippen LogP contribution in [-0.4, -0.2) is 15.2 Å². The smallest absolute Gasteiger partial charge is 0.192 e. The molecule has 0 atom stereocenters. The number of aryl methyl sites for hydroxylation is 2. The van der Waals surface area contributed by atoms with Crippen molar-refractivity contribution in [2.45, 2.75) is 19.8 Å². The summed E-state index contributed by atoms with van der Waals surface area (Å²) in [7, 11) is 0. The lowest BCUT2D eigenvalue weighted by Crippen LogP contribution is -2.06. The van der Waals surface area contributed by atoms with E-state index in [-0.39, 0.29) is 5.78 Å². The van der Waals surface area contributed by atoms with Gasteiger partial charge in [-0.2, -0.15) is 0 Å². The highest BCUT2D eigenvalue weighted by atomic mass is 16.1. The fourth-order valence-corrected chi connectivity index (χ4v) is 2.58. The first-order chi connectivity index (χ1) is 10.7. The summed E-state index contributed by atoms with van der Waals surface area (Å²) in [6.07, 6.45) is 2.91. The number of pyridine rings is 1. The number of benzene rings is 1. The summed E-state index contributed by atoms with van der Waals surface area (Å²) >= 11 is 0. The highest BCUT2D eigenvalue weighted by Crippen LogP contribution is 2.20. The SMILES string of the molecule is [C-]#[N+]c1ccn2c(C(=O)CCc3ccccc3)c(C)nc2c1. The number of hydrogen-bond acceptors (Lipinski definition) is 2. The Morgan fingerprint density at radius 3 is 2.77 bits per heavy atom. The molecule has 4 heteroatoms. The number of rotatable bonds is 4. The van der Waals surface area contributed by atoms with E-state index in [1.807, 2.05) is 37.3 Å². The summed E-state index contributed by atoms with van der Waals surface area (Å²) in [4.78, 5) is 20.3. The second kappa shape index (κ2) is 5.82. The third-order valence-electron chi connectivity index (χ3n) is 3.66. The molecule has 0 aliphatic heterocycles. The first-order valence-corrected chi connectivity index (χ1v) is 7.12. The number of aromatic nitrogens is 2. The minimum atomic E-state index is 0.0735. The fourth-order valence-electron chi connectivity index (χ4n) is 2.58. The molecule has 108 valence electrons. The molecule has 0 aliphatic carbocycles. The van der Waals surface area contributed by atoms with Crippen molar-refractivity contribution < 1.29 is 4.79 Å². The fraction of sp³-hybridized carbons (Fsp3) is 0.167. The molecule has 0 radical (unpaired) electrons. The quantitative estimate of drug-likeness (QED) is 0.537. The maximum atomic E-state index is 12.5. The van der Waals surface area contributed by atoms with E-state index in [4.69, 9.17) is 6.57 Å². The minimum absolute atomic E-state index is 0.0735.